The molecule has 18 heavy (non-hydrogen) atoms. The van der Waals surface area contributed by atoms with E-state index in [4.69, 9.17) is 9.47 Å². The first kappa shape index (κ1) is 11.6. The number of nitriles is 1. The standard InChI is InChI=1S/C13H15N3O2/c14-10-12(11-9-15-5-6-16-11)1-3-13(4-2-12)17-7-8-18-13/h5-6,9H,1-4,7-8H2. The van der Waals surface area contributed by atoms with E-state index in [1.165, 1.54) is 0 Å². The van der Waals surface area contributed by atoms with Crippen LogP contribution in [0.3, 0.4) is 0 Å². The number of hydrogen-bond acceptors (Lipinski definition) is 5. The summed E-state index contributed by atoms with van der Waals surface area (Å²) in [5.41, 5.74) is 0.231. The Morgan fingerprint density at radius 1 is 1.11 bits per heavy atom. The van der Waals surface area contributed by atoms with E-state index < -0.39 is 11.2 Å². The normalized spacial score (nSPS) is 24.8. The number of aromatic nitrogens is 2. The molecule has 0 N–H and O–H groups in total. The van der Waals surface area contributed by atoms with Gasteiger partial charge >= 0.3 is 0 Å². The summed E-state index contributed by atoms with van der Waals surface area (Å²) < 4.78 is 11.4. The highest BCUT2D eigenvalue weighted by molar-refractivity contribution is 5.25. The monoisotopic (exact) mass is 245 g/mol. The molecule has 1 aromatic heterocycles. The third-order valence-electron chi connectivity index (χ3n) is 3.95. The second-order valence-electron chi connectivity index (χ2n) is 4.89. The first-order valence-corrected chi connectivity index (χ1v) is 6.24. The van der Waals surface area contributed by atoms with Crippen LogP contribution in [-0.4, -0.2) is 29.0 Å². The maximum absolute atomic E-state index is 9.53. The van der Waals surface area contributed by atoms with Crippen molar-refractivity contribution in [1.82, 2.24) is 9.97 Å². The van der Waals surface area contributed by atoms with Crippen LogP contribution in [0.5, 0.6) is 0 Å². The number of hydrogen-bond donors (Lipinski definition) is 0. The Hall–Kier alpha value is -1.51. The Labute approximate surface area is 106 Å². The van der Waals surface area contributed by atoms with Crippen LogP contribution in [0.4, 0.5) is 0 Å². The minimum Gasteiger partial charge on any atom is -0.348 e. The lowest BCUT2D eigenvalue weighted by atomic mass is 9.71. The first-order chi connectivity index (χ1) is 8.79. The Bertz CT molecular complexity index is 453. The van der Waals surface area contributed by atoms with Gasteiger partial charge in [0.2, 0.25) is 0 Å². The van der Waals surface area contributed by atoms with Crippen molar-refractivity contribution in [3.05, 3.63) is 24.3 Å². The van der Waals surface area contributed by atoms with Crippen molar-refractivity contribution >= 4 is 0 Å². The number of ether oxygens (including phenoxy) is 2. The average Bonchev–Trinajstić information content (AvgIpc) is 2.90. The second kappa shape index (κ2) is 4.30. The van der Waals surface area contributed by atoms with Crippen molar-refractivity contribution < 1.29 is 9.47 Å². The van der Waals surface area contributed by atoms with Crippen LogP contribution in [0.1, 0.15) is 31.4 Å². The lowest BCUT2D eigenvalue weighted by Gasteiger charge is -2.39. The molecule has 3 rings (SSSR count). The summed E-state index contributed by atoms with van der Waals surface area (Å²) in [5, 5.41) is 9.53. The Kier molecular flexibility index (Phi) is 2.77. The Balaban J connectivity index is 1.82. The van der Waals surface area contributed by atoms with Crippen molar-refractivity contribution in [2.24, 2.45) is 0 Å². The molecule has 0 aromatic carbocycles. The molecular formula is C13H15N3O2. The van der Waals surface area contributed by atoms with E-state index in [1.807, 2.05) is 0 Å². The predicted octanol–water partition coefficient (Wildman–Crippen LogP) is 1.56. The van der Waals surface area contributed by atoms with Gasteiger partial charge in [-0.3, -0.25) is 9.97 Å². The van der Waals surface area contributed by atoms with Gasteiger partial charge < -0.3 is 9.47 Å². The van der Waals surface area contributed by atoms with Gasteiger partial charge in [0.25, 0.3) is 0 Å². The van der Waals surface area contributed by atoms with Crippen molar-refractivity contribution in [3.8, 4) is 6.07 Å². The fourth-order valence-corrected chi connectivity index (χ4v) is 2.81. The van der Waals surface area contributed by atoms with E-state index >= 15 is 0 Å². The largest absolute Gasteiger partial charge is 0.348 e. The zero-order valence-corrected chi connectivity index (χ0v) is 10.1. The lowest BCUT2D eigenvalue weighted by molar-refractivity contribution is -0.182. The summed E-state index contributed by atoms with van der Waals surface area (Å²) in [7, 11) is 0. The molecule has 5 heteroatoms. The molecule has 1 saturated carbocycles. The van der Waals surface area contributed by atoms with Gasteiger partial charge in [0.15, 0.2) is 5.79 Å². The molecule has 1 aliphatic heterocycles. The van der Waals surface area contributed by atoms with Crippen molar-refractivity contribution in [2.75, 3.05) is 13.2 Å². The Morgan fingerprint density at radius 3 is 2.39 bits per heavy atom. The van der Waals surface area contributed by atoms with Crippen LogP contribution >= 0.6 is 0 Å². The van der Waals surface area contributed by atoms with Gasteiger partial charge in [-0.1, -0.05) is 0 Å². The van der Waals surface area contributed by atoms with Crippen molar-refractivity contribution in [1.29, 1.82) is 5.26 Å². The highest BCUT2D eigenvalue weighted by atomic mass is 16.7. The molecule has 1 aromatic rings. The fraction of sp³-hybridized carbons (Fsp3) is 0.615. The molecule has 5 nitrogen and oxygen atoms in total. The van der Waals surface area contributed by atoms with Crippen LogP contribution in [-0.2, 0) is 14.9 Å². The average molecular weight is 245 g/mol. The van der Waals surface area contributed by atoms with Crippen LogP contribution in [0, 0.1) is 11.3 Å². The lowest BCUT2D eigenvalue weighted by Crippen LogP contribution is -2.41. The summed E-state index contributed by atoms with van der Waals surface area (Å²) in [5.74, 6) is -0.442. The van der Waals surface area contributed by atoms with E-state index in [2.05, 4.69) is 16.0 Å². The molecule has 0 bridgehead atoms. The van der Waals surface area contributed by atoms with Crippen LogP contribution in [0.25, 0.3) is 0 Å². The molecule has 94 valence electrons. The molecule has 1 spiro atoms. The molecule has 2 heterocycles. The van der Waals surface area contributed by atoms with Crippen molar-refractivity contribution in [2.45, 2.75) is 36.9 Å². The third-order valence-corrected chi connectivity index (χ3v) is 3.95. The molecule has 0 amide bonds. The smallest absolute Gasteiger partial charge is 0.168 e. The molecule has 0 atom stereocenters. The van der Waals surface area contributed by atoms with E-state index in [0.717, 1.165) is 18.5 Å². The molecular weight excluding hydrogens is 230 g/mol. The predicted molar refractivity (Wildman–Crippen MR) is 62.4 cm³/mol. The SMILES string of the molecule is N#CC1(c2cnccn2)CCC2(CC1)OCCO2. The maximum atomic E-state index is 9.53. The zero-order valence-electron chi connectivity index (χ0n) is 10.1. The second-order valence-corrected chi connectivity index (χ2v) is 4.89. The highest BCUT2D eigenvalue weighted by Crippen LogP contribution is 2.45. The highest BCUT2D eigenvalue weighted by Gasteiger charge is 2.48. The third kappa shape index (κ3) is 1.78. The summed E-state index contributed by atoms with van der Waals surface area (Å²) in [6.45, 7) is 1.31. The first-order valence-electron chi connectivity index (χ1n) is 6.24. The van der Waals surface area contributed by atoms with E-state index in [1.54, 1.807) is 18.6 Å². The summed E-state index contributed by atoms with van der Waals surface area (Å²) in [4.78, 5) is 8.36. The van der Waals surface area contributed by atoms with Gasteiger partial charge in [0.05, 0.1) is 25.0 Å². The van der Waals surface area contributed by atoms with E-state index in [0.29, 0.717) is 26.1 Å². The minimum absolute atomic E-state index is 0.442. The minimum atomic E-state index is -0.533. The number of nitrogens with zero attached hydrogens (tertiary/aromatic N) is 3. The van der Waals surface area contributed by atoms with Gasteiger partial charge in [0, 0.05) is 31.4 Å². The summed E-state index contributed by atoms with van der Waals surface area (Å²) in [6, 6.07) is 2.43. The van der Waals surface area contributed by atoms with E-state index in [-0.39, 0.29) is 0 Å². The summed E-state index contributed by atoms with van der Waals surface area (Å²) >= 11 is 0. The van der Waals surface area contributed by atoms with Gasteiger partial charge in [-0.2, -0.15) is 5.26 Å². The molecule has 1 saturated heterocycles. The molecule has 0 radical (unpaired) electrons. The number of rotatable bonds is 1. The van der Waals surface area contributed by atoms with Crippen molar-refractivity contribution in [3.63, 3.8) is 0 Å². The van der Waals surface area contributed by atoms with Gasteiger partial charge in [0.1, 0.15) is 5.41 Å². The van der Waals surface area contributed by atoms with E-state index in [9.17, 15) is 5.26 Å². The van der Waals surface area contributed by atoms with Gasteiger partial charge in [-0.25, -0.2) is 0 Å². The molecule has 2 fully saturated rings. The molecule has 0 unspecified atom stereocenters. The van der Waals surface area contributed by atoms with Gasteiger partial charge in [-0.05, 0) is 12.8 Å². The Morgan fingerprint density at radius 2 is 1.83 bits per heavy atom. The fourth-order valence-electron chi connectivity index (χ4n) is 2.81. The zero-order chi connectivity index (χ0) is 12.5. The van der Waals surface area contributed by atoms with Crippen LogP contribution in [0.15, 0.2) is 18.6 Å². The molecule has 2 aliphatic rings. The van der Waals surface area contributed by atoms with Gasteiger partial charge in [-0.15, -0.1) is 0 Å². The van der Waals surface area contributed by atoms with Crippen LogP contribution < -0.4 is 0 Å². The summed E-state index contributed by atoms with van der Waals surface area (Å²) in [6.07, 6.45) is 7.87. The molecule has 1 aliphatic carbocycles. The topological polar surface area (TPSA) is 68.0 Å². The van der Waals surface area contributed by atoms with Crippen LogP contribution in [0.2, 0.25) is 0 Å². The quantitative estimate of drug-likeness (QED) is 0.751. The maximum Gasteiger partial charge on any atom is 0.168 e.